The van der Waals surface area contributed by atoms with Crippen LogP contribution in [0.15, 0.2) is 24.3 Å². The molecule has 1 heterocycles. The van der Waals surface area contributed by atoms with Crippen molar-refractivity contribution in [3.05, 3.63) is 29.8 Å². The average molecular weight is 275 g/mol. The zero-order valence-corrected chi connectivity index (χ0v) is 11.2. The maximum Gasteiger partial charge on any atom is 0.251 e. The Morgan fingerprint density at radius 2 is 1.95 bits per heavy atom. The number of piperidine rings is 1. The number of benzene rings is 1. The van der Waals surface area contributed by atoms with Crippen LogP contribution in [0, 0.1) is 0 Å². The maximum atomic E-state index is 12.0. The van der Waals surface area contributed by atoms with Gasteiger partial charge in [0.1, 0.15) is 0 Å². The summed E-state index contributed by atoms with van der Waals surface area (Å²) in [4.78, 5) is 33.9. The molecule has 1 atom stereocenters. The molecule has 1 fully saturated rings. The molecule has 0 spiro atoms. The van der Waals surface area contributed by atoms with E-state index in [1.165, 1.54) is 6.92 Å². The Morgan fingerprint density at radius 3 is 2.50 bits per heavy atom. The number of carbonyl (C=O) groups is 3. The fraction of sp³-hybridized carbons (Fsp3) is 0.357. The fourth-order valence-electron chi connectivity index (χ4n) is 2.03. The number of rotatable bonds is 3. The summed E-state index contributed by atoms with van der Waals surface area (Å²) < 4.78 is 0. The summed E-state index contributed by atoms with van der Waals surface area (Å²) in [6.45, 7) is 1.90. The van der Waals surface area contributed by atoms with E-state index in [0.29, 0.717) is 30.6 Å². The summed E-state index contributed by atoms with van der Waals surface area (Å²) in [6, 6.07) is 6.64. The molecule has 3 amide bonds. The van der Waals surface area contributed by atoms with E-state index < -0.39 is 0 Å². The van der Waals surface area contributed by atoms with Gasteiger partial charge >= 0.3 is 0 Å². The quantitative estimate of drug-likeness (QED) is 0.757. The van der Waals surface area contributed by atoms with Gasteiger partial charge in [0.2, 0.25) is 11.8 Å². The van der Waals surface area contributed by atoms with Crippen LogP contribution in [0.25, 0.3) is 0 Å². The predicted molar refractivity (Wildman–Crippen MR) is 74.2 cm³/mol. The summed E-state index contributed by atoms with van der Waals surface area (Å²) in [5, 5.41) is 8.23. The van der Waals surface area contributed by atoms with Crippen molar-refractivity contribution >= 4 is 23.4 Å². The van der Waals surface area contributed by atoms with Crippen LogP contribution in [0.5, 0.6) is 0 Å². The molecule has 1 aliphatic rings. The third-order valence-corrected chi connectivity index (χ3v) is 3.07. The molecule has 20 heavy (non-hydrogen) atoms. The SMILES string of the molecule is CC(=O)Nc1ccc(C(=O)NC2CCC(=O)NC2)cc1. The normalized spacial score (nSPS) is 18.1. The molecular formula is C14H17N3O3. The van der Waals surface area contributed by atoms with Crippen molar-refractivity contribution < 1.29 is 14.4 Å². The van der Waals surface area contributed by atoms with E-state index in [1.54, 1.807) is 24.3 Å². The monoisotopic (exact) mass is 275 g/mol. The molecule has 1 aromatic carbocycles. The van der Waals surface area contributed by atoms with Crippen LogP contribution in [-0.4, -0.2) is 30.3 Å². The van der Waals surface area contributed by atoms with Crippen LogP contribution < -0.4 is 16.0 Å². The standard InChI is InChI=1S/C14H17N3O3/c1-9(18)16-11-4-2-10(3-5-11)14(20)17-12-6-7-13(19)15-8-12/h2-5,12H,6-8H2,1H3,(H,15,19)(H,16,18)(H,17,20). The van der Waals surface area contributed by atoms with E-state index in [-0.39, 0.29) is 23.8 Å². The van der Waals surface area contributed by atoms with Crippen LogP contribution in [0.2, 0.25) is 0 Å². The molecule has 0 bridgehead atoms. The molecule has 0 radical (unpaired) electrons. The smallest absolute Gasteiger partial charge is 0.251 e. The largest absolute Gasteiger partial charge is 0.354 e. The van der Waals surface area contributed by atoms with Crippen molar-refractivity contribution in [1.29, 1.82) is 0 Å². The van der Waals surface area contributed by atoms with Gasteiger partial charge in [-0.25, -0.2) is 0 Å². The first-order valence-corrected chi connectivity index (χ1v) is 6.50. The van der Waals surface area contributed by atoms with Crippen LogP contribution >= 0.6 is 0 Å². The third kappa shape index (κ3) is 3.81. The van der Waals surface area contributed by atoms with Gasteiger partial charge < -0.3 is 16.0 Å². The Kier molecular flexibility index (Phi) is 4.34. The van der Waals surface area contributed by atoms with Crippen LogP contribution in [-0.2, 0) is 9.59 Å². The molecule has 106 valence electrons. The van der Waals surface area contributed by atoms with Gasteiger partial charge in [-0.2, -0.15) is 0 Å². The Bertz CT molecular complexity index is 515. The highest BCUT2D eigenvalue weighted by Crippen LogP contribution is 2.10. The Balaban J connectivity index is 1.92. The second-order valence-corrected chi connectivity index (χ2v) is 4.77. The van der Waals surface area contributed by atoms with E-state index in [1.807, 2.05) is 0 Å². The van der Waals surface area contributed by atoms with Crippen molar-refractivity contribution in [2.75, 3.05) is 11.9 Å². The fourth-order valence-corrected chi connectivity index (χ4v) is 2.03. The molecular weight excluding hydrogens is 258 g/mol. The number of carbonyl (C=O) groups excluding carboxylic acids is 3. The zero-order chi connectivity index (χ0) is 14.5. The predicted octanol–water partition coefficient (Wildman–Crippen LogP) is 0.653. The van der Waals surface area contributed by atoms with Gasteiger partial charge in [-0.3, -0.25) is 14.4 Å². The van der Waals surface area contributed by atoms with Crippen molar-refractivity contribution in [2.45, 2.75) is 25.8 Å². The molecule has 0 aliphatic carbocycles. The molecule has 6 nitrogen and oxygen atoms in total. The number of hydrogen-bond donors (Lipinski definition) is 3. The maximum absolute atomic E-state index is 12.0. The lowest BCUT2D eigenvalue weighted by molar-refractivity contribution is -0.122. The molecule has 3 N–H and O–H groups in total. The van der Waals surface area contributed by atoms with E-state index >= 15 is 0 Å². The van der Waals surface area contributed by atoms with Crippen molar-refractivity contribution in [3.63, 3.8) is 0 Å². The zero-order valence-electron chi connectivity index (χ0n) is 11.2. The van der Waals surface area contributed by atoms with Crippen molar-refractivity contribution in [3.8, 4) is 0 Å². The lowest BCUT2D eigenvalue weighted by Gasteiger charge is -2.23. The lowest BCUT2D eigenvalue weighted by atomic mass is 10.1. The molecule has 2 rings (SSSR count). The first-order valence-electron chi connectivity index (χ1n) is 6.50. The summed E-state index contributed by atoms with van der Waals surface area (Å²) >= 11 is 0. The highest BCUT2D eigenvalue weighted by molar-refractivity contribution is 5.95. The Morgan fingerprint density at radius 1 is 1.25 bits per heavy atom. The van der Waals surface area contributed by atoms with E-state index in [4.69, 9.17) is 0 Å². The lowest BCUT2D eigenvalue weighted by Crippen LogP contribution is -2.47. The number of anilines is 1. The van der Waals surface area contributed by atoms with Crippen molar-refractivity contribution in [1.82, 2.24) is 10.6 Å². The Hall–Kier alpha value is -2.37. The highest BCUT2D eigenvalue weighted by Gasteiger charge is 2.19. The minimum absolute atomic E-state index is 0.0233. The van der Waals surface area contributed by atoms with Gasteiger partial charge in [0.15, 0.2) is 0 Å². The van der Waals surface area contributed by atoms with Crippen molar-refractivity contribution in [2.24, 2.45) is 0 Å². The second kappa shape index (κ2) is 6.18. The number of hydrogen-bond acceptors (Lipinski definition) is 3. The molecule has 0 aromatic heterocycles. The summed E-state index contributed by atoms with van der Waals surface area (Å²) in [5.41, 5.74) is 1.18. The van der Waals surface area contributed by atoms with E-state index in [2.05, 4.69) is 16.0 Å². The van der Waals surface area contributed by atoms with Gasteiger partial charge in [0.05, 0.1) is 0 Å². The molecule has 6 heteroatoms. The van der Waals surface area contributed by atoms with E-state index in [0.717, 1.165) is 0 Å². The molecule has 0 saturated carbocycles. The first kappa shape index (κ1) is 14.0. The van der Waals surface area contributed by atoms with Crippen LogP contribution in [0.4, 0.5) is 5.69 Å². The van der Waals surface area contributed by atoms with Gasteiger partial charge in [-0.15, -0.1) is 0 Å². The van der Waals surface area contributed by atoms with Gasteiger partial charge in [-0.1, -0.05) is 0 Å². The number of amides is 3. The molecule has 1 aromatic rings. The minimum Gasteiger partial charge on any atom is -0.354 e. The highest BCUT2D eigenvalue weighted by atomic mass is 16.2. The molecule has 1 aliphatic heterocycles. The minimum atomic E-state index is -0.180. The topological polar surface area (TPSA) is 87.3 Å². The summed E-state index contributed by atoms with van der Waals surface area (Å²) in [5.74, 6) is -0.309. The Labute approximate surface area is 116 Å². The average Bonchev–Trinajstić information content (AvgIpc) is 2.41. The van der Waals surface area contributed by atoms with Gasteiger partial charge in [0.25, 0.3) is 5.91 Å². The molecule has 1 unspecified atom stereocenters. The van der Waals surface area contributed by atoms with Gasteiger partial charge in [-0.05, 0) is 30.7 Å². The van der Waals surface area contributed by atoms with Crippen LogP contribution in [0.1, 0.15) is 30.1 Å². The first-order chi connectivity index (χ1) is 9.54. The number of nitrogens with one attached hydrogen (secondary N) is 3. The third-order valence-electron chi connectivity index (χ3n) is 3.07. The summed E-state index contributed by atoms with van der Waals surface area (Å²) in [6.07, 6.45) is 1.09. The van der Waals surface area contributed by atoms with E-state index in [9.17, 15) is 14.4 Å². The summed E-state index contributed by atoms with van der Waals surface area (Å²) in [7, 11) is 0. The van der Waals surface area contributed by atoms with Gasteiger partial charge in [0, 0.05) is 37.2 Å². The molecule has 1 saturated heterocycles. The second-order valence-electron chi connectivity index (χ2n) is 4.77. The van der Waals surface area contributed by atoms with Crippen LogP contribution in [0.3, 0.4) is 0 Å².